The number of thiocarbonyl (C=S) groups is 1. The molecule has 0 spiro atoms. The van der Waals surface area contributed by atoms with Gasteiger partial charge in [0, 0.05) is 5.69 Å². The Morgan fingerprint density at radius 2 is 1.73 bits per heavy atom. The number of nitrogens with one attached hydrogen (secondary N) is 3. The number of benzene rings is 2. The Morgan fingerprint density at radius 1 is 1.05 bits per heavy atom. The average molecular weight is 315 g/mol. The van der Waals surface area contributed by atoms with Crippen molar-refractivity contribution in [2.45, 2.75) is 6.92 Å². The lowest BCUT2D eigenvalue weighted by atomic mass is 10.2. The van der Waals surface area contributed by atoms with Crippen LogP contribution in [-0.4, -0.2) is 17.6 Å². The largest absolute Gasteiger partial charge is 0.493 e. The van der Waals surface area contributed by atoms with Gasteiger partial charge in [-0.25, -0.2) is 0 Å². The summed E-state index contributed by atoms with van der Waals surface area (Å²) in [6, 6.07) is 16.5. The molecule has 114 valence electrons. The van der Waals surface area contributed by atoms with Gasteiger partial charge in [-0.1, -0.05) is 30.3 Å². The zero-order valence-corrected chi connectivity index (χ0v) is 12.9. The van der Waals surface area contributed by atoms with E-state index < -0.39 is 0 Å². The Bertz CT molecular complexity index is 647. The SMILES string of the molecule is CCOc1ccccc1C(=O)NNC(=S)Nc1ccccc1. The molecule has 0 unspecified atom stereocenters. The van der Waals surface area contributed by atoms with Crippen LogP contribution in [0.2, 0.25) is 0 Å². The Morgan fingerprint density at radius 3 is 2.45 bits per heavy atom. The zero-order chi connectivity index (χ0) is 15.8. The van der Waals surface area contributed by atoms with E-state index in [1.165, 1.54) is 0 Å². The van der Waals surface area contributed by atoms with Gasteiger partial charge in [-0.2, -0.15) is 0 Å². The summed E-state index contributed by atoms with van der Waals surface area (Å²) >= 11 is 5.12. The molecule has 0 saturated heterocycles. The quantitative estimate of drug-likeness (QED) is 0.598. The Kier molecular flexibility index (Phi) is 5.73. The fourth-order valence-corrected chi connectivity index (χ4v) is 1.97. The predicted molar refractivity (Wildman–Crippen MR) is 90.9 cm³/mol. The molecule has 0 aromatic heterocycles. The van der Waals surface area contributed by atoms with Crippen LogP contribution in [0.25, 0.3) is 0 Å². The summed E-state index contributed by atoms with van der Waals surface area (Å²) in [6.45, 7) is 2.36. The van der Waals surface area contributed by atoms with Crippen LogP contribution in [0.4, 0.5) is 5.69 Å². The molecule has 0 heterocycles. The van der Waals surface area contributed by atoms with Crippen LogP contribution in [0.5, 0.6) is 5.75 Å². The zero-order valence-electron chi connectivity index (χ0n) is 12.1. The van der Waals surface area contributed by atoms with E-state index in [0.717, 1.165) is 5.69 Å². The molecule has 0 aliphatic heterocycles. The molecule has 2 aromatic rings. The molecule has 0 atom stereocenters. The number of hydrogen-bond donors (Lipinski definition) is 3. The van der Waals surface area contributed by atoms with Crippen molar-refractivity contribution in [1.82, 2.24) is 10.9 Å². The van der Waals surface area contributed by atoms with Gasteiger partial charge in [0.15, 0.2) is 5.11 Å². The fraction of sp³-hybridized carbons (Fsp3) is 0.125. The number of carbonyl (C=O) groups excluding carboxylic acids is 1. The first-order chi connectivity index (χ1) is 10.7. The van der Waals surface area contributed by atoms with E-state index in [-0.39, 0.29) is 5.91 Å². The first kappa shape index (κ1) is 15.8. The van der Waals surface area contributed by atoms with Gasteiger partial charge in [-0.3, -0.25) is 15.6 Å². The Hall–Kier alpha value is -2.60. The molecule has 0 radical (unpaired) electrons. The number of hydrogen-bond acceptors (Lipinski definition) is 3. The highest BCUT2D eigenvalue weighted by atomic mass is 32.1. The van der Waals surface area contributed by atoms with Crippen LogP contribution in [-0.2, 0) is 0 Å². The molecule has 2 rings (SSSR count). The van der Waals surface area contributed by atoms with Crippen molar-refractivity contribution in [3.05, 3.63) is 60.2 Å². The topological polar surface area (TPSA) is 62.4 Å². The number of anilines is 1. The molecule has 0 bridgehead atoms. The smallest absolute Gasteiger partial charge is 0.273 e. The van der Waals surface area contributed by atoms with Crippen molar-refractivity contribution in [2.75, 3.05) is 11.9 Å². The molecule has 2 aromatic carbocycles. The van der Waals surface area contributed by atoms with E-state index >= 15 is 0 Å². The van der Waals surface area contributed by atoms with E-state index in [4.69, 9.17) is 17.0 Å². The lowest BCUT2D eigenvalue weighted by Gasteiger charge is -2.13. The summed E-state index contributed by atoms with van der Waals surface area (Å²) in [6.07, 6.45) is 0. The summed E-state index contributed by atoms with van der Waals surface area (Å²) in [5.41, 5.74) is 6.49. The lowest BCUT2D eigenvalue weighted by Crippen LogP contribution is -2.43. The maximum absolute atomic E-state index is 12.2. The van der Waals surface area contributed by atoms with Crippen molar-refractivity contribution in [3.8, 4) is 5.75 Å². The van der Waals surface area contributed by atoms with Gasteiger partial charge in [-0.15, -0.1) is 0 Å². The number of para-hydroxylation sites is 2. The van der Waals surface area contributed by atoms with Crippen molar-refractivity contribution in [2.24, 2.45) is 0 Å². The minimum absolute atomic E-state index is 0.299. The summed E-state index contributed by atoms with van der Waals surface area (Å²) < 4.78 is 5.42. The van der Waals surface area contributed by atoms with E-state index in [9.17, 15) is 4.79 Å². The lowest BCUT2D eigenvalue weighted by molar-refractivity contribution is 0.0940. The summed E-state index contributed by atoms with van der Waals surface area (Å²) in [5, 5.41) is 3.26. The number of ether oxygens (including phenoxy) is 1. The Balaban J connectivity index is 1.91. The van der Waals surface area contributed by atoms with Crippen LogP contribution in [0.15, 0.2) is 54.6 Å². The second-order valence-electron chi connectivity index (χ2n) is 4.33. The van der Waals surface area contributed by atoms with Gasteiger partial charge >= 0.3 is 0 Å². The third-order valence-electron chi connectivity index (χ3n) is 2.75. The summed E-state index contributed by atoms with van der Waals surface area (Å²) in [7, 11) is 0. The number of carbonyl (C=O) groups is 1. The van der Waals surface area contributed by atoms with Gasteiger partial charge in [0.05, 0.1) is 12.2 Å². The fourth-order valence-electron chi connectivity index (χ4n) is 1.80. The van der Waals surface area contributed by atoms with Gasteiger partial charge in [0.2, 0.25) is 0 Å². The van der Waals surface area contributed by atoms with Crippen LogP contribution in [0.1, 0.15) is 17.3 Å². The van der Waals surface area contributed by atoms with E-state index in [0.29, 0.717) is 23.0 Å². The van der Waals surface area contributed by atoms with Crippen molar-refractivity contribution in [3.63, 3.8) is 0 Å². The number of hydrazine groups is 1. The second kappa shape index (κ2) is 7.99. The van der Waals surface area contributed by atoms with Crippen LogP contribution in [0.3, 0.4) is 0 Å². The molecule has 0 saturated carbocycles. The highest BCUT2D eigenvalue weighted by Gasteiger charge is 2.11. The van der Waals surface area contributed by atoms with Crippen molar-refractivity contribution < 1.29 is 9.53 Å². The molecule has 22 heavy (non-hydrogen) atoms. The molecule has 0 aliphatic rings. The van der Waals surface area contributed by atoms with Crippen LogP contribution >= 0.6 is 12.2 Å². The molecule has 3 N–H and O–H groups in total. The average Bonchev–Trinajstić information content (AvgIpc) is 2.54. The standard InChI is InChI=1S/C16H17N3O2S/c1-2-21-14-11-7-6-10-13(14)15(20)18-19-16(22)17-12-8-4-3-5-9-12/h3-11H,2H2,1H3,(H,18,20)(H2,17,19,22). The number of rotatable bonds is 4. The third kappa shape index (κ3) is 4.46. The predicted octanol–water partition coefficient (Wildman–Crippen LogP) is 2.72. The molecule has 0 aliphatic carbocycles. The first-order valence-electron chi connectivity index (χ1n) is 6.85. The second-order valence-corrected chi connectivity index (χ2v) is 4.74. The maximum Gasteiger partial charge on any atom is 0.273 e. The van der Waals surface area contributed by atoms with E-state index in [2.05, 4.69) is 16.2 Å². The third-order valence-corrected chi connectivity index (χ3v) is 2.96. The van der Waals surface area contributed by atoms with Crippen LogP contribution < -0.4 is 20.9 Å². The van der Waals surface area contributed by atoms with Crippen molar-refractivity contribution >= 4 is 28.9 Å². The Labute approximate surface area is 134 Å². The van der Waals surface area contributed by atoms with E-state index in [1.807, 2.05) is 43.3 Å². The molecule has 0 fully saturated rings. The minimum atomic E-state index is -0.318. The van der Waals surface area contributed by atoms with E-state index in [1.54, 1.807) is 18.2 Å². The van der Waals surface area contributed by atoms with Gasteiger partial charge < -0.3 is 10.1 Å². The highest BCUT2D eigenvalue weighted by Crippen LogP contribution is 2.17. The van der Waals surface area contributed by atoms with Gasteiger partial charge in [0.1, 0.15) is 5.75 Å². The summed E-state index contributed by atoms with van der Waals surface area (Å²) in [4.78, 5) is 12.2. The first-order valence-corrected chi connectivity index (χ1v) is 7.25. The normalized spacial score (nSPS) is 9.68. The maximum atomic E-state index is 12.2. The monoisotopic (exact) mass is 315 g/mol. The number of amides is 1. The molecular formula is C16H17N3O2S. The minimum Gasteiger partial charge on any atom is -0.493 e. The molecular weight excluding hydrogens is 298 g/mol. The summed E-state index contributed by atoms with van der Waals surface area (Å²) in [5.74, 6) is 0.215. The molecule has 5 nitrogen and oxygen atoms in total. The van der Waals surface area contributed by atoms with Gasteiger partial charge in [0.25, 0.3) is 5.91 Å². The highest BCUT2D eigenvalue weighted by molar-refractivity contribution is 7.80. The van der Waals surface area contributed by atoms with Crippen molar-refractivity contribution in [1.29, 1.82) is 0 Å². The molecule has 1 amide bonds. The van der Waals surface area contributed by atoms with Crippen LogP contribution in [0, 0.1) is 0 Å². The molecule has 6 heteroatoms. The van der Waals surface area contributed by atoms with Gasteiger partial charge in [-0.05, 0) is 43.4 Å².